The van der Waals surface area contributed by atoms with Gasteiger partial charge >= 0.3 is 0 Å². The molecule has 122 valence electrons. The number of amides is 2. The predicted molar refractivity (Wildman–Crippen MR) is 94.5 cm³/mol. The molecule has 0 unspecified atom stereocenters. The molecular formula is C19H19N3O2. The van der Waals surface area contributed by atoms with E-state index >= 15 is 0 Å². The lowest BCUT2D eigenvalue weighted by Gasteiger charge is -2.20. The first-order valence-corrected chi connectivity index (χ1v) is 7.86. The highest BCUT2D eigenvalue weighted by Crippen LogP contribution is 2.26. The first-order valence-electron chi connectivity index (χ1n) is 7.86. The Hall–Kier alpha value is -2.95. The van der Waals surface area contributed by atoms with Crippen molar-refractivity contribution >= 4 is 33.6 Å². The second-order valence-corrected chi connectivity index (χ2v) is 6.12. The van der Waals surface area contributed by atoms with Gasteiger partial charge in [0.25, 0.3) is 5.91 Å². The number of primary amides is 1. The fourth-order valence-electron chi connectivity index (χ4n) is 2.86. The van der Waals surface area contributed by atoms with Crippen molar-refractivity contribution in [3.8, 4) is 0 Å². The minimum atomic E-state index is -0.719. The summed E-state index contributed by atoms with van der Waals surface area (Å²) in [4.78, 5) is 29.2. The fraction of sp³-hybridized carbons (Fsp3) is 0.211. The lowest BCUT2D eigenvalue weighted by atomic mass is 9.99. The lowest BCUT2D eigenvalue weighted by molar-refractivity contribution is -0.120. The number of para-hydroxylation sites is 2. The highest BCUT2D eigenvalue weighted by atomic mass is 16.2. The molecule has 2 amide bonds. The molecule has 0 saturated heterocycles. The van der Waals surface area contributed by atoms with Gasteiger partial charge < -0.3 is 11.1 Å². The van der Waals surface area contributed by atoms with Crippen LogP contribution in [0.2, 0.25) is 0 Å². The van der Waals surface area contributed by atoms with Gasteiger partial charge in [0, 0.05) is 10.8 Å². The SMILES string of the molecule is CC(C)[C@H](NC(=O)c1c2ccccc2nc2ccccc12)C(N)=O. The molecule has 3 rings (SSSR count). The van der Waals surface area contributed by atoms with Gasteiger partial charge in [-0.05, 0) is 18.1 Å². The number of hydrogen-bond donors (Lipinski definition) is 2. The van der Waals surface area contributed by atoms with E-state index in [1.807, 2.05) is 62.4 Å². The minimum Gasteiger partial charge on any atom is -0.368 e. The van der Waals surface area contributed by atoms with E-state index in [1.54, 1.807) is 0 Å². The van der Waals surface area contributed by atoms with Gasteiger partial charge in [-0.25, -0.2) is 4.98 Å². The van der Waals surface area contributed by atoms with Gasteiger partial charge in [0.05, 0.1) is 16.6 Å². The molecule has 1 atom stereocenters. The Morgan fingerprint density at radius 2 is 1.46 bits per heavy atom. The van der Waals surface area contributed by atoms with E-state index in [1.165, 1.54) is 0 Å². The van der Waals surface area contributed by atoms with Crippen LogP contribution in [0.1, 0.15) is 24.2 Å². The second kappa shape index (κ2) is 6.28. The average molecular weight is 321 g/mol. The van der Waals surface area contributed by atoms with Crippen LogP contribution in [0, 0.1) is 5.92 Å². The first kappa shape index (κ1) is 15.9. The molecule has 24 heavy (non-hydrogen) atoms. The highest BCUT2D eigenvalue weighted by molar-refractivity contribution is 6.16. The van der Waals surface area contributed by atoms with Crippen LogP contribution in [-0.2, 0) is 4.79 Å². The van der Waals surface area contributed by atoms with Crippen LogP contribution in [0.5, 0.6) is 0 Å². The summed E-state index contributed by atoms with van der Waals surface area (Å²) in [6.45, 7) is 3.69. The van der Waals surface area contributed by atoms with Gasteiger partial charge in [-0.15, -0.1) is 0 Å². The van der Waals surface area contributed by atoms with Crippen LogP contribution >= 0.6 is 0 Å². The van der Waals surface area contributed by atoms with Crippen molar-refractivity contribution in [3.05, 3.63) is 54.1 Å². The zero-order valence-corrected chi connectivity index (χ0v) is 13.6. The van der Waals surface area contributed by atoms with Gasteiger partial charge in [0.15, 0.2) is 0 Å². The summed E-state index contributed by atoms with van der Waals surface area (Å²) < 4.78 is 0. The normalized spacial score (nSPS) is 12.5. The molecule has 3 aromatic rings. The second-order valence-electron chi connectivity index (χ2n) is 6.12. The van der Waals surface area contributed by atoms with Gasteiger partial charge in [-0.2, -0.15) is 0 Å². The quantitative estimate of drug-likeness (QED) is 0.724. The molecule has 0 bridgehead atoms. The van der Waals surface area contributed by atoms with Crippen LogP contribution in [0.15, 0.2) is 48.5 Å². The zero-order valence-electron chi connectivity index (χ0n) is 13.6. The number of nitrogens with two attached hydrogens (primary N) is 1. The molecule has 0 aliphatic rings. The predicted octanol–water partition coefficient (Wildman–Crippen LogP) is 2.63. The maximum Gasteiger partial charge on any atom is 0.253 e. The summed E-state index contributed by atoms with van der Waals surface area (Å²) in [5.74, 6) is -0.950. The van der Waals surface area contributed by atoms with Crippen LogP contribution in [0.25, 0.3) is 21.8 Å². The van der Waals surface area contributed by atoms with E-state index in [9.17, 15) is 9.59 Å². The topological polar surface area (TPSA) is 85.1 Å². The zero-order chi connectivity index (χ0) is 17.3. The maximum absolute atomic E-state index is 12.9. The van der Waals surface area contributed by atoms with Crippen molar-refractivity contribution in [1.29, 1.82) is 0 Å². The number of carbonyl (C=O) groups excluding carboxylic acids is 2. The minimum absolute atomic E-state index is 0.0918. The van der Waals surface area contributed by atoms with Gasteiger partial charge in [-0.1, -0.05) is 50.2 Å². The Balaban J connectivity index is 2.18. The van der Waals surface area contributed by atoms with E-state index in [-0.39, 0.29) is 11.8 Å². The third-order valence-corrected chi connectivity index (χ3v) is 4.07. The number of carbonyl (C=O) groups is 2. The smallest absolute Gasteiger partial charge is 0.253 e. The highest BCUT2D eigenvalue weighted by Gasteiger charge is 2.24. The van der Waals surface area contributed by atoms with Crippen molar-refractivity contribution in [2.24, 2.45) is 11.7 Å². The van der Waals surface area contributed by atoms with Crippen molar-refractivity contribution in [2.45, 2.75) is 19.9 Å². The standard InChI is InChI=1S/C19H19N3O2/c1-11(2)17(18(20)23)22-19(24)16-12-7-3-5-9-14(12)21-15-10-6-4-8-13(15)16/h3-11,17H,1-2H3,(H2,20,23)(H,22,24)/t17-/m0/s1. The molecule has 0 radical (unpaired) electrons. The Labute approximate surface area is 139 Å². The molecule has 5 heteroatoms. The van der Waals surface area contributed by atoms with Crippen molar-refractivity contribution in [2.75, 3.05) is 0 Å². The third-order valence-electron chi connectivity index (χ3n) is 4.07. The Morgan fingerprint density at radius 1 is 0.958 bits per heavy atom. The van der Waals surface area contributed by atoms with Gasteiger partial charge in [0.2, 0.25) is 5.91 Å². The van der Waals surface area contributed by atoms with Crippen molar-refractivity contribution in [1.82, 2.24) is 10.3 Å². The van der Waals surface area contributed by atoms with Gasteiger partial charge in [-0.3, -0.25) is 9.59 Å². The summed E-state index contributed by atoms with van der Waals surface area (Å²) in [6.07, 6.45) is 0. The molecule has 1 aromatic heterocycles. The summed E-state index contributed by atoms with van der Waals surface area (Å²) in [5, 5.41) is 4.28. The number of aromatic nitrogens is 1. The molecule has 0 spiro atoms. The molecule has 0 aliphatic heterocycles. The third kappa shape index (κ3) is 2.80. The average Bonchev–Trinajstić information content (AvgIpc) is 2.56. The van der Waals surface area contributed by atoms with Gasteiger partial charge in [0.1, 0.15) is 6.04 Å². The Bertz CT molecular complexity index is 880. The van der Waals surface area contributed by atoms with Crippen LogP contribution in [0.3, 0.4) is 0 Å². The van der Waals surface area contributed by atoms with E-state index in [2.05, 4.69) is 10.3 Å². The van der Waals surface area contributed by atoms with E-state index in [0.717, 1.165) is 21.8 Å². The number of rotatable bonds is 4. The molecule has 0 aliphatic carbocycles. The summed E-state index contributed by atoms with van der Waals surface area (Å²) in [7, 11) is 0. The number of pyridine rings is 1. The van der Waals surface area contributed by atoms with Crippen LogP contribution in [-0.4, -0.2) is 22.8 Å². The molecule has 1 heterocycles. The molecule has 0 fully saturated rings. The number of nitrogens with zero attached hydrogens (tertiary/aromatic N) is 1. The first-order chi connectivity index (χ1) is 11.5. The van der Waals surface area contributed by atoms with E-state index in [0.29, 0.717) is 5.56 Å². The maximum atomic E-state index is 12.9. The summed E-state index contributed by atoms with van der Waals surface area (Å²) in [6, 6.07) is 14.2. The number of benzene rings is 2. The molecule has 3 N–H and O–H groups in total. The molecular weight excluding hydrogens is 302 g/mol. The Kier molecular flexibility index (Phi) is 4.16. The number of nitrogens with one attached hydrogen (secondary N) is 1. The van der Waals surface area contributed by atoms with E-state index in [4.69, 9.17) is 5.73 Å². The summed E-state index contributed by atoms with van der Waals surface area (Å²) in [5.41, 5.74) is 7.42. The van der Waals surface area contributed by atoms with Crippen LogP contribution in [0.4, 0.5) is 0 Å². The monoisotopic (exact) mass is 321 g/mol. The fourth-order valence-corrected chi connectivity index (χ4v) is 2.86. The molecule has 2 aromatic carbocycles. The van der Waals surface area contributed by atoms with E-state index < -0.39 is 11.9 Å². The largest absolute Gasteiger partial charge is 0.368 e. The van der Waals surface area contributed by atoms with Crippen LogP contribution < -0.4 is 11.1 Å². The molecule has 5 nitrogen and oxygen atoms in total. The number of hydrogen-bond acceptors (Lipinski definition) is 3. The lowest BCUT2D eigenvalue weighted by Crippen LogP contribution is -2.47. The number of fused-ring (bicyclic) bond motifs is 2. The summed E-state index contributed by atoms with van der Waals surface area (Å²) >= 11 is 0. The van der Waals surface area contributed by atoms with Crippen molar-refractivity contribution < 1.29 is 9.59 Å². The van der Waals surface area contributed by atoms with Crippen molar-refractivity contribution in [3.63, 3.8) is 0 Å². The molecule has 0 saturated carbocycles. The Morgan fingerprint density at radius 3 is 1.92 bits per heavy atom.